The van der Waals surface area contributed by atoms with Gasteiger partial charge in [0, 0.05) is 27.7 Å². The highest BCUT2D eigenvalue weighted by atomic mass is 35.5. The average molecular weight is 270 g/mol. The molecule has 4 heteroatoms. The first kappa shape index (κ1) is 11.8. The van der Waals surface area contributed by atoms with E-state index in [9.17, 15) is 0 Å². The van der Waals surface area contributed by atoms with Crippen molar-refractivity contribution < 1.29 is 0 Å². The molecule has 0 radical (unpaired) electrons. The number of anilines is 1. The van der Waals surface area contributed by atoms with Gasteiger partial charge in [-0.15, -0.1) is 0 Å². The van der Waals surface area contributed by atoms with Crippen LogP contribution in [0, 0.1) is 0 Å². The zero-order valence-corrected chi connectivity index (χ0v) is 10.9. The summed E-state index contributed by atoms with van der Waals surface area (Å²) < 4.78 is 0. The van der Waals surface area contributed by atoms with Crippen molar-refractivity contribution in [3.05, 3.63) is 65.3 Å². The number of benzene rings is 2. The number of aromatic amines is 1. The quantitative estimate of drug-likeness (QED) is 0.541. The first-order chi connectivity index (χ1) is 9.33. The van der Waals surface area contributed by atoms with Crippen molar-refractivity contribution in [3.8, 4) is 0 Å². The van der Waals surface area contributed by atoms with E-state index in [4.69, 9.17) is 11.6 Å². The lowest BCUT2D eigenvalue weighted by molar-refractivity contribution is 1.35. The fraction of sp³-hybridized carbons (Fsp3) is 0. The van der Waals surface area contributed by atoms with Gasteiger partial charge in [-0.3, -0.25) is 5.43 Å². The van der Waals surface area contributed by atoms with E-state index in [1.807, 2.05) is 48.7 Å². The second-order valence-electron chi connectivity index (χ2n) is 4.17. The Hall–Kier alpha value is -2.26. The normalized spacial score (nSPS) is 11.2. The van der Waals surface area contributed by atoms with Gasteiger partial charge in [0.2, 0.25) is 0 Å². The van der Waals surface area contributed by atoms with Crippen molar-refractivity contribution in [1.82, 2.24) is 4.98 Å². The molecule has 3 aromatic rings. The van der Waals surface area contributed by atoms with Crippen LogP contribution in [-0.2, 0) is 0 Å². The number of nitrogens with zero attached hydrogens (tertiary/aromatic N) is 1. The van der Waals surface area contributed by atoms with Crippen LogP contribution in [0.5, 0.6) is 0 Å². The van der Waals surface area contributed by atoms with E-state index in [-0.39, 0.29) is 0 Å². The Morgan fingerprint density at radius 2 is 1.84 bits per heavy atom. The molecule has 0 fully saturated rings. The summed E-state index contributed by atoms with van der Waals surface area (Å²) in [5.74, 6) is 0. The highest BCUT2D eigenvalue weighted by molar-refractivity contribution is 6.30. The largest absolute Gasteiger partial charge is 0.361 e. The smallest absolute Gasteiger partial charge is 0.0566 e. The van der Waals surface area contributed by atoms with Crippen LogP contribution in [0.25, 0.3) is 10.9 Å². The molecule has 3 nitrogen and oxygen atoms in total. The standard InChI is InChI=1S/C15H12ClN3/c16-12-5-7-13(8-6-12)19-18-10-11-9-17-15-4-2-1-3-14(11)15/h1-10,17,19H/b18-10-. The summed E-state index contributed by atoms with van der Waals surface area (Å²) in [5.41, 5.74) is 6.03. The lowest BCUT2D eigenvalue weighted by Gasteiger charge is -1.99. The molecule has 0 amide bonds. The molecule has 0 saturated carbocycles. The average Bonchev–Trinajstić information content (AvgIpc) is 2.85. The number of halogens is 1. The number of hydrogen-bond acceptors (Lipinski definition) is 2. The molecule has 0 aliphatic heterocycles. The molecular formula is C15H12ClN3. The minimum atomic E-state index is 0.714. The Kier molecular flexibility index (Phi) is 3.21. The third kappa shape index (κ3) is 2.61. The summed E-state index contributed by atoms with van der Waals surface area (Å²) in [6.45, 7) is 0. The predicted molar refractivity (Wildman–Crippen MR) is 81.0 cm³/mol. The van der Waals surface area contributed by atoms with E-state index in [2.05, 4.69) is 21.6 Å². The van der Waals surface area contributed by atoms with Crippen LogP contribution in [-0.4, -0.2) is 11.2 Å². The van der Waals surface area contributed by atoms with Gasteiger partial charge in [-0.1, -0.05) is 29.8 Å². The molecule has 1 heterocycles. The maximum atomic E-state index is 5.82. The summed E-state index contributed by atoms with van der Waals surface area (Å²) in [6, 6.07) is 15.5. The molecule has 2 aromatic carbocycles. The third-order valence-corrected chi connectivity index (χ3v) is 3.11. The van der Waals surface area contributed by atoms with Crippen LogP contribution in [0.4, 0.5) is 5.69 Å². The Bertz CT molecular complexity index is 714. The number of aromatic nitrogens is 1. The first-order valence-corrected chi connectivity index (χ1v) is 6.31. The van der Waals surface area contributed by atoms with Gasteiger partial charge < -0.3 is 4.98 Å². The molecule has 2 N–H and O–H groups in total. The van der Waals surface area contributed by atoms with Gasteiger partial charge in [-0.05, 0) is 30.3 Å². The van der Waals surface area contributed by atoms with Gasteiger partial charge >= 0.3 is 0 Å². The van der Waals surface area contributed by atoms with Crippen molar-refractivity contribution in [1.29, 1.82) is 0 Å². The van der Waals surface area contributed by atoms with Gasteiger partial charge in [-0.2, -0.15) is 5.10 Å². The molecule has 0 spiro atoms. The lowest BCUT2D eigenvalue weighted by Crippen LogP contribution is -1.89. The highest BCUT2D eigenvalue weighted by Gasteiger charge is 1.99. The molecule has 0 aliphatic carbocycles. The molecule has 19 heavy (non-hydrogen) atoms. The van der Waals surface area contributed by atoms with Crippen molar-refractivity contribution in [2.24, 2.45) is 5.10 Å². The minimum Gasteiger partial charge on any atom is -0.361 e. The van der Waals surface area contributed by atoms with Gasteiger partial charge in [0.05, 0.1) is 11.9 Å². The van der Waals surface area contributed by atoms with Crippen molar-refractivity contribution in [3.63, 3.8) is 0 Å². The SMILES string of the molecule is Clc1ccc(N/N=C\c2c[nH]c3ccccc23)cc1. The topological polar surface area (TPSA) is 40.2 Å². The minimum absolute atomic E-state index is 0.714. The van der Waals surface area contributed by atoms with E-state index in [0.29, 0.717) is 5.02 Å². The van der Waals surface area contributed by atoms with Crippen LogP contribution in [0.2, 0.25) is 5.02 Å². The Labute approximate surface area is 115 Å². The maximum Gasteiger partial charge on any atom is 0.0566 e. The van der Waals surface area contributed by atoms with Crippen LogP contribution >= 0.6 is 11.6 Å². The first-order valence-electron chi connectivity index (χ1n) is 5.94. The maximum absolute atomic E-state index is 5.82. The molecule has 0 unspecified atom stereocenters. The van der Waals surface area contributed by atoms with E-state index < -0.39 is 0 Å². The van der Waals surface area contributed by atoms with Crippen molar-refractivity contribution in [2.75, 3.05) is 5.43 Å². The molecule has 0 atom stereocenters. The monoisotopic (exact) mass is 269 g/mol. The number of nitrogens with one attached hydrogen (secondary N) is 2. The van der Waals surface area contributed by atoms with Crippen LogP contribution in [0.1, 0.15) is 5.56 Å². The van der Waals surface area contributed by atoms with E-state index in [1.165, 1.54) is 0 Å². The Morgan fingerprint density at radius 3 is 2.68 bits per heavy atom. The third-order valence-electron chi connectivity index (χ3n) is 2.86. The Balaban J connectivity index is 1.77. The van der Waals surface area contributed by atoms with Gasteiger partial charge in [-0.25, -0.2) is 0 Å². The van der Waals surface area contributed by atoms with E-state index in [1.54, 1.807) is 6.21 Å². The zero-order valence-electron chi connectivity index (χ0n) is 10.1. The molecule has 0 saturated heterocycles. The summed E-state index contributed by atoms with van der Waals surface area (Å²) in [5, 5.41) is 6.10. The number of H-pyrrole nitrogens is 1. The number of para-hydroxylation sites is 1. The fourth-order valence-electron chi connectivity index (χ4n) is 1.90. The summed E-state index contributed by atoms with van der Waals surface area (Å²) >= 11 is 5.82. The van der Waals surface area contributed by atoms with Crippen LogP contribution in [0.3, 0.4) is 0 Å². The van der Waals surface area contributed by atoms with E-state index >= 15 is 0 Å². The van der Waals surface area contributed by atoms with Crippen LogP contribution < -0.4 is 5.43 Å². The molecule has 94 valence electrons. The molecule has 0 aliphatic rings. The summed E-state index contributed by atoms with van der Waals surface area (Å²) in [6.07, 6.45) is 3.74. The van der Waals surface area contributed by atoms with Gasteiger partial charge in [0.15, 0.2) is 0 Å². The number of hydrogen-bond donors (Lipinski definition) is 2. The lowest BCUT2D eigenvalue weighted by atomic mass is 10.2. The zero-order chi connectivity index (χ0) is 13.1. The Morgan fingerprint density at radius 1 is 1.05 bits per heavy atom. The van der Waals surface area contributed by atoms with Gasteiger partial charge in [0.1, 0.15) is 0 Å². The molecular weight excluding hydrogens is 258 g/mol. The second kappa shape index (κ2) is 5.16. The van der Waals surface area contributed by atoms with E-state index in [0.717, 1.165) is 22.2 Å². The molecule has 1 aromatic heterocycles. The summed E-state index contributed by atoms with van der Waals surface area (Å²) in [7, 11) is 0. The van der Waals surface area contributed by atoms with Gasteiger partial charge in [0.25, 0.3) is 0 Å². The predicted octanol–water partition coefficient (Wildman–Crippen LogP) is 4.27. The van der Waals surface area contributed by atoms with Crippen molar-refractivity contribution >= 4 is 34.4 Å². The number of hydrazone groups is 1. The van der Waals surface area contributed by atoms with Crippen molar-refractivity contribution in [2.45, 2.75) is 0 Å². The fourth-order valence-corrected chi connectivity index (χ4v) is 2.03. The summed E-state index contributed by atoms with van der Waals surface area (Å²) in [4.78, 5) is 3.21. The molecule has 0 bridgehead atoms. The second-order valence-corrected chi connectivity index (χ2v) is 4.60. The highest BCUT2D eigenvalue weighted by Crippen LogP contribution is 2.16. The molecule has 3 rings (SSSR count). The number of fused-ring (bicyclic) bond motifs is 1. The number of rotatable bonds is 3. The van der Waals surface area contributed by atoms with Crippen LogP contribution in [0.15, 0.2) is 59.8 Å².